The third kappa shape index (κ3) is 2.94. The Morgan fingerprint density at radius 1 is 1.16 bits per heavy atom. The topological polar surface area (TPSA) is 65.1 Å². The minimum absolute atomic E-state index is 0.219. The molecule has 1 unspecified atom stereocenters. The number of hydrogen-bond acceptors (Lipinski definition) is 5. The van der Waals surface area contributed by atoms with Crippen LogP contribution in [0.5, 0.6) is 5.75 Å². The van der Waals surface area contributed by atoms with E-state index in [-0.39, 0.29) is 6.04 Å². The van der Waals surface area contributed by atoms with Crippen molar-refractivity contribution in [3.63, 3.8) is 0 Å². The second-order valence-corrected chi connectivity index (χ2v) is 5.74. The van der Waals surface area contributed by atoms with Gasteiger partial charge in [0.05, 0.1) is 7.11 Å². The average Bonchev–Trinajstić information content (AvgIpc) is 3.25. The molecule has 0 radical (unpaired) electrons. The number of nitrogens with one attached hydrogen (secondary N) is 1. The van der Waals surface area contributed by atoms with Gasteiger partial charge < -0.3 is 19.0 Å². The summed E-state index contributed by atoms with van der Waals surface area (Å²) in [5.74, 6) is 1.64. The lowest BCUT2D eigenvalue weighted by atomic mass is 10.1. The standard InChI is InChI=1S/C19H18N4O2/c1-23-11-10-20-18(23)17(13-6-5-7-14(12-13)24-2)22-19-21-15-8-3-4-9-16(15)25-19/h3-12,17H,1-2H3,(H,21,22). The minimum atomic E-state index is -0.219. The first-order valence-electron chi connectivity index (χ1n) is 7.98. The van der Waals surface area contributed by atoms with Gasteiger partial charge in [-0.25, -0.2) is 4.98 Å². The molecule has 0 aliphatic rings. The maximum atomic E-state index is 5.82. The van der Waals surface area contributed by atoms with Crippen molar-refractivity contribution in [2.24, 2.45) is 7.05 Å². The SMILES string of the molecule is COc1cccc(C(Nc2nc3ccccc3o2)c2nccn2C)c1. The van der Waals surface area contributed by atoms with Crippen LogP contribution < -0.4 is 10.1 Å². The van der Waals surface area contributed by atoms with Crippen molar-refractivity contribution in [3.8, 4) is 5.75 Å². The van der Waals surface area contributed by atoms with E-state index in [2.05, 4.69) is 15.3 Å². The van der Waals surface area contributed by atoms with Crippen LogP contribution in [0.15, 0.2) is 65.3 Å². The molecular weight excluding hydrogens is 316 g/mol. The van der Waals surface area contributed by atoms with Crippen molar-refractivity contribution in [1.29, 1.82) is 0 Å². The van der Waals surface area contributed by atoms with Crippen molar-refractivity contribution in [1.82, 2.24) is 14.5 Å². The molecule has 0 saturated heterocycles. The fraction of sp³-hybridized carbons (Fsp3) is 0.158. The van der Waals surface area contributed by atoms with Gasteiger partial charge in [-0.2, -0.15) is 4.98 Å². The second kappa shape index (κ2) is 6.32. The minimum Gasteiger partial charge on any atom is -0.497 e. The number of anilines is 1. The zero-order valence-corrected chi connectivity index (χ0v) is 14.0. The number of nitrogens with zero attached hydrogens (tertiary/aromatic N) is 3. The molecule has 0 saturated carbocycles. The number of ether oxygens (including phenoxy) is 1. The zero-order chi connectivity index (χ0) is 17.2. The molecule has 126 valence electrons. The highest BCUT2D eigenvalue weighted by Gasteiger charge is 2.21. The highest BCUT2D eigenvalue weighted by atomic mass is 16.5. The van der Waals surface area contributed by atoms with E-state index in [9.17, 15) is 0 Å². The molecule has 0 aliphatic heterocycles. The number of methoxy groups -OCH3 is 1. The Morgan fingerprint density at radius 3 is 2.80 bits per heavy atom. The first-order chi connectivity index (χ1) is 12.2. The van der Waals surface area contributed by atoms with Gasteiger partial charge in [0.1, 0.15) is 23.1 Å². The van der Waals surface area contributed by atoms with Crippen molar-refractivity contribution < 1.29 is 9.15 Å². The first kappa shape index (κ1) is 15.3. The van der Waals surface area contributed by atoms with Crippen LogP contribution in [0, 0.1) is 0 Å². The third-order valence-corrected chi connectivity index (χ3v) is 4.11. The largest absolute Gasteiger partial charge is 0.497 e. The fourth-order valence-corrected chi connectivity index (χ4v) is 2.83. The van der Waals surface area contributed by atoms with Crippen molar-refractivity contribution in [3.05, 3.63) is 72.3 Å². The zero-order valence-electron chi connectivity index (χ0n) is 14.0. The van der Waals surface area contributed by atoms with E-state index in [4.69, 9.17) is 9.15 Å². The van der Waals surface area contributed by atoms with E-state index in [1.54, 1.807) is 13.3 Å². The van der Waals surface area contributed by atoms with Gasteiger partial charge in [-0.3, -0.25) is 0 Å². The maximum absolute atomic E-state index is 5.82. The van der Waals surface area contributed by atoms with Crippen LogP contribution in [0.3, 0.4) is 0 Å². The van der Waals surface area contributed by atoms with Gasteiger partial charge in [-0.15, -0.1) is 0 Å². The number of benzene rings is 2. The summed E-state index contributed by atoms with van der Waals surface area (Å²) in [7, 11) is 3.62. The number of hydrogen-bond donors (Lipinski definition) is 1. The molecule has 2 heterocycles. The first-order valence-corrected chi connectivity index (χ1v) is 7.98. The van der Waals surface area contributed by atoms with E-state index < -0.39 is 0 Å². The van der Waals surface area contributed by atoms with Crippen LogP contribution in [0.4, 0.5) is 6.01 Å². The summed E-state index contributed by atoms with van der Waals surface area (Å²) in [4.78, 5) is 9.00. The normalized spacial score (nSPS) is 12.2. The molecule has 2 aromatic heterocycles. The molecule has 6 heteroatoms. The summed E-state index contributed by atoms with van der Waals surface area (Å²) in [6, 6.07) is 15.8. The maximum Gasteiger partial charge on any atom is 0.296 e. The molecule has 4 aromatic rings. The molecule has 25 heavy (non-hydrogen) atoms. The Labute approximate surface area is 145 Å². The van der Waals surface area contributed by atoms with E-state index in [1.165, 1.54) is 0 Å². The predicted molar refractivity (Wildman–Crippen MR) is 95.7 cm³/mol. The Hall–Kier alpha value is -3.28. The summed E-state index contributed by atoms with van der Waals surface area (Å²) in [6.45, 7) is 0. The lowest BCUT2D eigenvalue weighted by molar-refractivity contribution is 0.414. The third-order valence-electron chi connectivity index (χ3n) is 4.11. The lowest BCUT2D eigenvalue weighted by Crippen LogP contribution is -2.17. The van der Waals surface area contributed by atoms with Gasteiger partial charge in [0.2, 0.25) is 0 Å². The summed E-state index contributed by atoms with van der Waals surface area (Å²) in [5.41, 5.74) is 2.57. The van der Waals surface area contributed by atoms with Gasteiger partial charge in [0, 0.05) is 19.4 Å². The highest BCUT2D eigenvalue weighted by molar-refractivity contribution is 5.74. The number of aryl methyl sites for hydroxylation is 1. The van der Waals surface area contributed by atoms with Crippen molar-refractivity contribution >= 4 is 17.1 Å². The molecule has 0 bridgehead atoms. The Kier molecular flexibility index (Phi) is 3.85. The van der Waals surface area contributed by atoms with Crippen molar-refractivity contribution in [2.45, 2.75) is 6.04 Å². The number of aromatic nitrogens is 3. The highest BCUT2D eigenvalue weighted by Crippen LogP contribution is 2.29. The summed E-state index contributed by atoms with van der Waals surface area (Å²) >= 11 is 0. The van der Waals surface area contributed by atoms with Crippen LogP contribution in [-0.2, 0) is 7.05 Å². The molecular formula is C19H18N4O2. The van der Waals surface area contributed by atoms with E-state index in [0.717, 1.165) is 28.2 Å². The molecule has 6 nitrogen and oxygen atoms in total. The summed E-state index contributed by atoms with van der Waals surface area (Å²) in [5, 5.41) is 3.36. The van der Waals surface area contributed by atoms with Crippen LogP contribution in [0.25, 0.3) is 11.1 Å². The van der Waals surface area contributed by atoms with E-state index in [1.807, 2.05) is 66.3 Å². The fourth-order valence-electron chi connectivity index (χ4n) is 2.83. The van der Waals surface area contributed by atoms with Gasteiger partial charge >= 0.3 is 0 Å². The summed E-state index contributed by atoms with van der Waals surface area (Å²) < 4.78 is 13.2. The van der Waals surface area contributed by atoms with Crippen LogP contribution >= 0.6 is 0 Å². The molecule has 4 rings (SSSR count). The number of imidazole rings is 1. The smallest absolute Gasteiger partial charge is 0.296 e. The van der Waals surface area contributed by atoms with Crippen molar-refractivity contribution in [2.75, 3.05) is 12.4 Å². The van der Waals surface area contributed by atoms with Gasteiger partial charge in [-0.05, 0) is 29.8 Å². The lowest BCUT2D eigenvalue weighted by Gasteiger charge is -2.18. The van der Waals surface area contributed by atoms with Crippen LogP contribution in [0.1, 0.15) is 17.4 Å². The Morgan fingerprint density at radius 2 is 2.04 bits per heavy atom. The average molecular weight is 334 g/mol. The number of rotatable bonds is 5. The van der Waals surface area contributed by atoms with E-state index in [0.29, 0.717) is 6.01 Å². The molecule has 2 aromatic carbocycles. The van der Waals surface area contributed by atoms with Gasteiger partial charge in [0.15, 0.2) is 5.58 Å². The molecule has 1 atom stereocenters. The van der Waals surface area contributed by atoms with Crippen LogP contribution in [-0.4, -0.2) is 21.6 Å². The second-order valence-electron chi connectivity index (χ2n) is 5.74. The predicted octanol–water partition coefficient (Wildman–Crippen LogP) is 3.77. The van der Waals surface area contributed by atoms with Crippen LogP contribution in [0.2, 0.25) is 0 Å². The molecule has 0 amide bonds. The molecule has 0 fully saturated rings. The quantitative estimate of drug-likeness (QED) is 0.602. The van der Waals surface area contributed by atoms with Gasteiger partial charge in [0.25, 0.3) is 6.01 Å². The monoisotopic (exact) mass is 334 g/mol. The van der Waals surface area contributed by atoms with E-state index >= 15 is 0 Å². The molecule has 1 N–H and O–H groups in total. The number of oxazole rings is 1. The van der Waals surface area contributed by atoms with Gasteiger partial charge in [-0.1, -0.05) is 24.3 Å². The molecule has 0 spiro atoms. The Bertz CT molecular complexity index is 972. The number of para-hydroxylation sites is 2. The molecule has 0 aliphatic carbocycles. The summed E-state index contributed by atoms with van der Waals surface area (Å²) in [6.07, 6.45) is 3.69. The Balaban J connectivity index is 1.76. The number of fused-ring (bicyclic) bond motifs is 1.